The zero-order valence-electron chi connectivity index (χ0n) is 20.0. The van der Waals surface area contributed by atoms with Crippen LogP contribution < -0.4 is 10.6 Å². The van der Waals surface area contributed by atoms with E-state index >= 15 is 0 Å². The van der Waals surface area contributed by atoms with Crippen molar-refractivity contribution in [2.75, 3.05) is 50.5 Å². The Morgan fingerprint density at radius 3 is 2.14 bits per heavy atom. The summed E-state index contributed by atoms with van der Waals surface area (Å²) in [7, 11) is 1.36. The smallest absolute Gasteiger partial charge is 0.409 e. The van der Waals surface area contributed by atoms with Gasteiger partial charge in [0, 0.05) is 43.5 Å². The average Bonchev–Trinajstić information content (AvgIpc) is 3.21. The molecule has 0 bridgehead atoms. The lowest BCUT2D eigenvalue weighted by atomic mass is 9.98. The van der Waals surface area contributed by atoms with Gasteiger partial charge in [0.05, 0.1) is 12.7 Å². The lowest BCUT2D eigenvalue weighted by Gasteiger charge is -2.36. The molecule has 0 saturated carbocycles. The number of esters is 1. The lowest BCUT2D eigenvalue weighted by Crippen LogP contribution is -2.49. The second-order valence-electron chi connectivity index (χ2n) is 8.98. The van der Waals surface area contributed by atoms with E-state index in [1.54, 1.807) is 11.0 Å². The third kappa shape index (κ3) is 4.18. The maximum Gasteiger partial charge on any atom is 0.409 e. The number of benzene rings is 3. The first kappa shape index (κ1) is 22.8. The Balaban J connectivity index is 1.24. The quantitative estimate of drug-likeness (QED) is 0.448. The van der Waals surface area contributed by atoms with Gasteiger partial charge in [-0.3, -0.25) is 0 Å². The van der Waals surface area contributed by atoms with Crippen LogP contribution in [0.1, 0.15) is 33.0 Å². The number of methoxy groups -OCH3 is 1. The minimum atomic E-state index is -0.409. The second kappa shape index (κ2) is 9.33. The third-order valence-corrected chi connectivity index (χ3v) is 7.02. The van der Waals surface area contributed by atoms with E-state index in [9.17, 15) is 9.59 Å². The van der Waals surface area contributed by atoms with Gasteiger partial charge in [0.1, 0.15) is 6.61 Å². The Bertz CT molecular complexity index is 1240. The van der Waals surface area contributed by atoms with Gasteiger partial charge in [-0.2, -0.15) is 0 Å². The summed E-state index contributed by atoms with van der Waals surface area (Å²) in [6.07, 6.45) is -0.300. The maximum atomic E-state index is 12.9. The number of piperazine rings is 1. The van der Waals surface area contributed by atoms with Crippen LogP contribution in [0.15, 0.2) is 60.7 Å². The number of hydrogen-bond donors (Lipinski definition) is 1. The summed E-state index contributed by atoms with van der Waals surface area (Å²) in [4.78, 5) is 28.9. The first-order chi connectivity index (χ1) is 17.0. The van der Waals surface area contributed by atoms with Crippen LogP contribution in [0.3, 0.4) is 0 Å². The Morgan fingerprint density at radius 2 is 1.54 bits per heavy atom. The standard InChI is InChI=1S/C28H29N3O4/c1-18-24(27(32)34-2)15-19(29)16-26(18)30-11-13-31(14-12-30)28(33)35-17-25-22-9-5-3-7-20(22)21-8-4-6-10-23(21)25/h3-10,15-16,25H,11-14,17,29H2,1-2H3. The molecule has 2 N–H and O–H groups in total. The van der Waals surface area contributed by atoms with Crippen molar-refractivity contribution in [2.24, 2.45) is 0 Å². The molecule has 1 aliphatic heterocycles. The maximum absolute atomic E-state index is 12.9. The number of ether oxygens (including phenoxy) is 2. The number of nitrogen functional groups attached to an aromatic ring is 1. The van der Waals surface area contributed by atoms with Crippen LogP contribution >= 0.6 is 0 Å². The van der Waals surface area contributed by atoms with E-state index < -0.39 is 5.97 Å². The summed E-state index contributed by atoms with van der Waals surface area (Å²) < 4.78 is 10.7. The molecule has 1 heterocycles. The molecule has 1 saturated heterocycles. The number of carbonyl (C=O) groups excluding carboxylic acids is 2. The highest BCUT2D eigenvalue weighted by Gasteiger charge is 2.30. The normalized spacial score (nSPS) is 14.9. The number of amides is 1. The summed E-state index contributed by atoms with van der Waals surface area (Å²) in [5.74, 6) is -0.368. The molecule has 7 heteroatoms. The second-order valence-corrected chi connectivity index (χ2v) is 8.98. The van der Waals surface area contributed by atoms with Gasteiger partial charge < -0.3 is 25.0 Å². The third-order valence-electron chi connectivity index (χ3n) is 7.02. The number of anilines is 2. The van der Waals surface area contributed by atoms with Crippen molar-refractivity contribution < 1.29 is 19.1 Å². The van der Waals surface area contributed by atoms with Crippen LogP contribution in [0.2, 0.25) is 0 Å². The average molecular weight is 472 g/mol. The van der Waals surface area contributed by atoms with E-state index in [0.717, 1.165) is 11.3 Å². The molecule has 3 aromatic rings. The Hall–Kier alpha value is -4.00. The molecule has 1 aliphatic carbocycles. The van der Waals surface area contributed by atoms with E-state index in [4.69, 9.17) is 15.2 Å². The molecule has 0 radical (unpaired) electrons. The van der Waals surface area contributed by atoms with Gasteiger partial charge in [0.2, 0.25) is 0 Å². The highest BCUT2D eigenvalue weighted by atomic mass is 16.6. The van der Waals surface area contributed by atoms with Gasteiger partial charge in [0.15, 0.2) is 0 Å². The first-order valence-corrected chi connectivity index (χ1v) is 11.8. The predicted octanol–water partition coefficient (Wildman–Crippen LogP) is 4.43. The molecule has 3 aromatic carbocycles. The number of rotatable bonds is 4. The highest BCUT2D eigenvalue weighted by molar-refractivity contribution is 5.94. The highest BCUT2D eigenvalue weighted by Crippen LogP contribution is 2.44. The number of nitrogens with two attached hydrogens (primary N) is 1. The summed E-state index contributed by atoms with van der Waals surface area (Å²) in [6, 6.07) is 20.1. The topological polar surface area (TPSA) is 85.1 Å². The van der Waals surface area contributed by atoms with Gasteiger partial charge in [-0.15, -0.1) is 0 Å². The molecule has 35 heavy (non-hydrogen) atoms. The number of nitrogens with zero attached hydrogens (tertiary/aromatic N) is 2. The molecule has 7 nitrogen and oxygen atoms in total. The van der Waals surface area contributed by atoms with Crippen molar-refractivity contribution in [3.8, 4) is 11.1 Å². The van der Waals surface area contributed by atoms with E-state index in [0.29, 0.717) is 44.0 Å². The minimum absolute atomic E-state index is 0.0410. The van der Waals surface area contributed by atoms with Gasteiger partial charge in [-0.25, -0.2) is 9.59 Å². The van der Waals surface area contributed by atoms with Gasteiger partial charge >= 0.3 is 12.1 Å². The van der Waals surface area contributed by atoms with Crippen molar-refractivity contribution in [3.05, 3.63) is 82.9 Å². The fourth-order valence-corrected chi connectivity index (χ4v) is 5.19. The summed E-state index contributed by atoms with van der Waals surface area (Å²) in [5.41, 5.74) is 13.5. The molecule has 180 valence electrons. The van der Waals surface area contributed by atoms with Crippen LogP contribution in [-0.2, 0) is 9.47 Å². The zero-order valence-corrected chi connectivity index (χ0v) is 20.0. The monoisotopic (exact) mass is 471 g/mol. The number of carbonyl (C=O) groups is 2. The molecule has 1 amide bonds. The van der Waals surface area contributed by atoms with Gasteiger partial charge in [-0.05, 0) is 46.9 Å². The summed E-state index contributed by atoms with van der Waals surface area (Å²) in [5, 5.41) is 0. The summed E-state index contributed by atoms with van der Waals surface area (Å²) in [6.45, 7) is 4.49. The fourth-order valence-electron chi connectivity index (χ4n) is 5.19. The van der Waals surface area contributed by atoms with E-state index in [1.165, 1.54) is 29.4 Å². The van der Waals surface area contributed by atoms with Crippen molar-refractivity contribution in [3.63, 3.8) is 0 Å². The van der Waals surface area contributed by atoms with Crippen LogP contribution in [-0.4, -0.2) is 56.9 Å². The number of hydrogen-bond acceptors (Lipinski definition) is 6. The van der Waals surface area contributed by atoms with E-state index in [2.05, 4.69) is 29.2 Å². The fraction of sp³-hybridized carbons (Fsp3) is 0.286. The molecule has 5 rings (SSSR count). The first-order valence-electron chi connectivity index (χ1n) is 11.8. The zero-order chi connectivity index (χ0) is 24.5. The van der Waals surface area contributed by atoms with E-state index in [-0.39, 0.29) is 12.0 Å². The van der Waals surface area contributed by atoms with Crippen LogP contribution in [0.25, 0.3) is 11.1 Å². The molecule has 0 unspecified atom stereocenters. The molecule has 2 aliphatic rings. The molecule has 0 atom stereocenters. The SMILES string of the molecule is COC(=O)c1cc(N)cc(N2CCN(C(=O)OCC3c4ccccc4-c4ccccc43)CC2)c1C. The van der Waals surface area contributed by atoms with Gasteiger partial charge in [-0.1, -0.05) is 48.5 Å². The Kier molecular flexibility index (Phi) is 6.07. The van der Waals surface area contributed by atoms with Crippen LogP contribution in [0, 0.1) is 6.92 Å². The molecule has 1 fully saturated rings. The van der Waals surface area contributed by atoms with Gasteiger partial charge in [0.25, 0.3) is 0 Å². The Labute approximate surface area is 205 Å². The van der Waals surface area contributed by atoms with Crippen molar-refractivity contribution in [2.45, 2.75) is 12.8 Å². The predicted molar refractivity (Wildman–Crippen MR) is 136 cm³/mol. The van der Waals surface area contributed by atoms with Crippen LogP contribution in [0.4, 0.5) is 16.2 Å². The van der Waals surface area contributed by atoms with Crippen LogP contribution in [0.5, 0.6) is 0 Å². The van der Waals surface area contributed by atoms with E-state index in [1.807, 2.05) is 37.3 Å². The number of fused-ring (bicyclic) bond motifs is 3. The van der Waals surface area contributed by atoms with Crippen molar-refractivity contribution in [1.82, 2.24) is 4.90 Å². The largest absolute Gasteiger partial charge is 0.465 e. The summed E-state index contributed by atoms with van der Waals surface area (Å²) >= 11 is 0. The molecular weight excluding hydrogens is 442 g/mol. The van der Waals surface area contributed by atoms with Crippen molar-refractivity contribution >= 4 is 23.4 Å². The van der Waals surface area contributed by atoms with Crippen molar-refractivity contribution in [1.29, 1.82) is 0 Å². The Morgan fingerprint density at radius 1 is 0.943 bits per heavy atom. The molecule has 0 aromatic heterocycles. The molecule has 0 spiro atoms. The molecular formula is C28H29N3O4. The lowest BCUT2D eigenvalue weighted by molar-refractivity contribution is 0.0600. The minimum Gasteiger partial charge on any atom is -0.465 e.